The van der Waals surface area contributed by atoms with Crippen LogP contribution < -0.4 is 5.32 Å². The van der Waals surface area contributed by atoms with E-state index in [1.54, 1.807) is 0 Å². The van der Waals surface area contributed by atoms with E-state index in [1.165, 1.54) is 11.1 Å². The van der Waals surface area contributed by atoms with Gasteiger partial charge in [-0.3, -0.25) is 4.79 Å². The van der Waals surface area contributed by atoms with Crippen LogP contribution in [0.5, 0.6) is 0 Å². The fourth-order valence-corrected chi connectivity index (χ4v) is 3.15. The number of rotatable bonds is 5. The number of aliphatic carboxylic acids is 1. The van der Waals surface area contributed by atoms with Gasteiger partial charge in [-0.15, -0.1) is 0 Å². The summed E-state index contributed by atoms with van der Waals surface area (Å²) in [6, 6.07) is 8.64. The summed E-state index contributed by atoms with van der Waals surface area (Å²) in [6.45, 7) is 11.0. The Morgan fingerprint density at radius 3 is 2.05 bits per heavy atom. The van der Waals surface area contributed by atoms with E-state index < -0.39 is 11.4 Å². The first kappa shape index (κ1) is 17.0. The minimum atomic E-state index is -0.739. The molecule has 3 nitrogen and oxygen atoms in total. The van der Waals surface area contributed by atoms with E-state index >= 15 is 0 Å². The smallest absolute Gasteiger partial charge is 0.310 e. The Balaban J connectivity index is 2.07. The second-order valence-electron chi connectivity index (χ2n) is 8.17. The highest BCUT2D eigenvalue weighted by molar-refractivity contribution is 5.76. The molecule has 0 aliphatic heterocycles. The molecule has 2 N–H and O–H groups in total. The minimum Gasteiger partial charge on any atom is -0.481 e. The third-order valence-corrected chi connectivity index (χ3v) is 5.39. The van der Waals surface area contributed by atoms with Crippen LogP contribution in [-0.4, -0.2) is 16.6 Å². The lowest BCUT2D eigenvalue weighted by atomic mass is 9.60. The van der Waals surface area contributed by atoms with Gasteiger partial charge in [0.1, 0.15) is 0 Å². The maximum atomic E-state index is 11.6. The lowest BCUT2D eigenvalue weighted by molar-refractivity contribution is -0.155. The third kappa shape index (κ3) is 3.05. The highest BCUT2D eigenvalue weighted by Gasteiger charge is 2.53. The molecule has 0 unspecified atom stereocenters. The van der Waals surface area contributed by atoms with Crippen molar-refractivity contribution >= 4 is 5.97 Å². The third-order valence-electron chi connectivity index (χ3n) is 5.39. The van der Waals surface area contributed by atoms with Crippen LogP contribution in [0.3, 0.4) is 0 Å². The second-order valence-corrected chi connectivity index (χ2v) is 8.17. The summed E-state index contributed by atoms with van der Waals surface area (Å²) in [5, 5.41) is 13.1. The van der Waals surface area contributed by atoms with Crippen molar-refractivity contribution in [2.45, 2.75) is 71.4 Å². The van der Waals surface area contributed by atoms with E-state index in [0.29, 0.717) is 0 Å². The van der Waals surface area contributed by atoms with Crippen LogP contribution in [0.15, 0.2) is 24.3 Å². The molecule has 3 heteroatoms. The zero-order valence-corrected chi connectivity index (χ0v) is 14.5. The highest BCUT2D eigenvalue weighted by atomic mass is 16.4. The molecule has 0 saturated heterocycles. The van der Waals surface area contributed by atoms with Gasteiger partial charge < -0.3 is 10.4 Å². The number of nitrogens with one attached hydrogen (secondary N) is 1. The number of hydrogen-bond acceptors (Lipinski definition) is 2. The molecule has 122 valence electrons. The molecule has 1 aromatic carbocycles. The summed E-state index contributed by atoms with van der Waals surface area (Å²) in [4.78, 5) is 11.6. The summed E-state index contributed by atoms with van der Waals surface area (Å²) in [7, 11) is 0. The van der Waals surface area contributed by atoms with Gasteiger partial charge in [0.15, 0.2) is 0 Å². The van der Waals surface area contributed by atoms with Crippen molar-refractivity contribution in [2.24, 2.45) is 5.41 Å². The number of hydrogen-bond donors (Lipinski definition) is 2. The summed E-state index contributed by atoms with van der Waals surface area (Å²) in [5.74, 6) is -0.720. The molecule has 0 radical (unpaired) electrons. The van der Waals surface area contributed by atoms with Gasteiger partial charge in [0, 0.05) is 12.1 Å². The molecule has 1 aliphatic carbocycles. The maximum Gasteiger partial charge on any atom is 0.310 e. The van der Waals surface area contributed by atoms with Gasteiger partial charge in [-0.2, -0.15) is 0 Å². The van der Waals surface area contributed by atoms with Crippen molar-refractivity contribution < 1.29 is 9.90 Å². The van der Waals surface area contributed by atoms with Crippen molar-refractivity contribution in [3.63, 3.8) is 0 Å². The number of carboxylic acids is 1. The summed E-state index contributed by atoms with van der Waals surface area (Å²) >= 11 is 0. The van der Waals surface area contributed by atoms with E-state index in [0.717, 1.165) is 25.8 Å². The Morgan fingerprint density at radius 1 is 1.14 bits per heavy atom. The fourth-order valence-electron chi connectivity index (χ4n) is 3.15. The zero-order chi connectivity index (χ0) is 16.6. The van der Waals surface area contributed by atoms with Crippen LogP contribution in [0.1, 0.15) is 65.0 Å². The quantitative estimate of drug-likeness (QED) is 0.860. The van der Waals surface area contributed by atoms with Gasteiger partial charge >= 0.3 is 5.97 Å². The van der Waals surface area contributed by atoms with Crippen molar-refractivity contribution in [3.8, 4) is 0 Å². The van der Waals surface area contributed by atoms with Crippen molar-refractivity contribution in [3.05, 3.63) is 35.4 Å². The van der Waals surface area contributed by atoms with Gasteiger partial charge in [-0.1, -0.05) is 45.0 Å². The maximum absolute atomic E-state index is 11.6. The molecule has 0 aromatic heterocycles. The van der Waals surface area contributed by atoms with Crippen LogP contribution in [0.4, 0.5) is 0 Å². The number of benzene rings is 1. The molecule has 0 bridgehead atoms. The highest BCUT2D eigenvalue weighted by Crippen LogP contribution is 2.46. The van der Waals surface area contributed by atoms with E-state index in [1.807, 2.05) is 13.8 Å². The first-order valence-corrected chi connectivity index (χ1v) is 8.16. The van der Waals surface area contributed by atoms with E-state index in [-0.39, 0.29) is 11.0 Å². The first-order chi connectivity index (χ1) is 10.1. The Morgan fingerprint density at radius 2 is 1.68 bits per heavy atom. The molecule has 2 rings (SSSR count). The molecule has 0 amide bonds. The Labute approximate surface area is 134 Å². The summed E-state index contributed by atoms with van der Waals surface area (Å²) < 4.78 is 0. The molecule has 0 atom stereocenters. The van der Waals surface area contributed by atoms with Crippen molar-refractivity contribution in [2.75, 3.05) is 0 Å². The SMILES string of the molecule is CC(C)(C)c1ccc(CNC2(C(C)(C)C(=O)O)CCC2)cc1. The minimum absolute atomic E-state index is 0.159. The largest absolute Gasteiger partial charge is 0.481 e. The zero-order valence-electron chi connectivity index (χ0n) is 14.5. The number of carboxylic acid groups (broad SMARTS) is 1. The van der Waals surface area contributed by atoms with Crippen LogP contribution in [0.2, 0.25) is 0 Å². The van der Waals surface area contributed by atoms with Gasteiger partial charge in [0.05, 0.1) is 5.41 Å². The topological polar surface area (TPSA) is 49.3 Å². The molecule has 22 heavy (non-hydrogen) atoms. The van der Waals surface area contributed by atoms with Crippen LogP contribution >= 0.6 is 0 Å². The fraction of sp³-hybridized carbons (Fsp3) is 0.632. The van der Waals surface area contributed by atoms with Gasteiger partial charge in [0.25, 0.3) is 0 Å². The molecule has 1 fully saturated rings. The Bertz CT molecular complexity index is 534. The second kappa shape index (κ2) is 5.69. The predicted octanol–water partition coefficient (Wildman–Crippen LogP) is 4.11. The molecule has 1 aliphatic rings. The van der Waals surface area contributed by atoms with Crippen molar-refractivity contribution in [1.29, 1.82) is 0 Å². The molecular formula is C19H29NO2. The van der Waals surface area contributed by atoms with Crippen LogP contribution in [-0.2, 0) is 16.8 Å². The van der Waals surface area contributed by atoms with Crippen molar-refractivity contribution in [1.82, 2.24) is 5.32 Å². The first-order valence-electron chi connectivity index (χ1n) is 8.16. The normalized spacial score (nSPS) is 17.9. The predicted molar refractivity (Wildman–Crippen MR) is 90.0 cm³/mol. The molecule has 1 saturated carbocycles. The molecular weight excluding hydrogens is 274 g/mol. The molecule has 0 heterocycles. The van der Waals surface area contributed by atoms with E-state index in [4.69, 9.17) is 0 Å². The monoisotopic (exact) mass is 303 g/mol. The lowest BCUT2D eigenvalue weighted by Gasteiger charge is -2.51. The molecule has 1 aromatic rings. The van der Waals surface area contributed by atoms with E-state index in [2.05, 4.69) is 50.4 Å². The van der Waals surface area contributed by atoms with Crippen LogP contribution in [0, 0.1) is 5.41 Å². The average molecular weight is 303 g/mol. The van der Waals surface area contributed by atoms with Gasteiger partial charge in [-0.25, -0.2) is 0 Å². The van der Waals surface area contributed by atoms with Crippen LogP contribution in [0.25, 0.3) is 0 Å². The Hall–Kier alpha value is -1.35. The average Bonchev–Trinajstić information content (AvgIpc) is 2.36. The van der Waals surface area contributed by atoms with Gasteiger partial charge in [0.2, 0.25) is 0 Å². The summed E-state index contributed by atoms with van der Waals surface area (Å²) in [6.07, 6.45) is 2.98. The van der Waals surface area contributed by atoms with E-state index in [9.17, 15) is 9.90 Å². The number of carbonyl (C=O) groups is 1. The molecule has 0 spiro atoms. The standard InChI is InChI=1S/C19H29NO2/c1-17(2,3)15-9-7-14(8-10-15)13-20-19(11-6-12-19)18(4,5)16(21)22/h7-10,20H,6,11-13H2,1-5H3,(H,21,22). The van der Waals surface area contributed by atoms with Gasteiger partial charge in [-0.05, 0) is 49.7 Å². The lowest BCUT2D eigenvalue weighted by Crippen LogP contribution is -2.63. The Kier molecular flexibility index (Phi) is 4.40. The summed E-state index contributed by atoms with van der Waals surface area (Å²) in [5.41, 5.74) is 1.67.